The van der Waals surface area contributed by atoms with Crippen molar-refractivity contribution in [3.63, 3.8) is 0 Å². The van der Waals surface area contributed by atoms with E-state index in [1.807, 2.05) is 25.1 Å². The van der Waals surface area contributed by atoms with Gasteiger partial charge in [-0.2, -0.15) is 0 Å². The summed E-state index contributed by atoms with van der Waals surface area (Å²) in [4.78, 5) is 0.881. The van der Waals surface area contributed by atoms with E-state index in [0.717, 1.165) is 42.2 Å². The van der Waals surface area contributed by atoms with Crippen LogP contribution in [0.5, 0.6) is 0 Å². The van der Waals surface area contributed by atoms with Gasteiger partial charge in [0.1, 0.15) is 0 Å². The maximum Gasteiger partial charge on any atom is 0.0566 e. The van der Waals surface area contributed by atoms with E-state index in [2.05, 4.69) is 0 Å². The van der Waals surface area contributed by atoms with E-state index in [1.54, 1.807) is 0 Å². The highest BCUT2D eigenvalue weighted by Crippen LogP contribution is 2.25. The molecule has 0 saturated carbocycles. The van der Waals surface area contributed by atoms with Crippen molar-refractivity contribution in [2.24, 2.45) is 0 Å². The maximum absolute atomic E-state index is 12.4. The molecule has 16 heavy (non-hydrogen) atoms. The van der Waals surface area contributed by atoms with Gasteiger partial charge in [-0.25, -0.2) is 0 Å². The summed E-state index contributed by atoms with van der Waals surface area (Å²) in [5, 5.41) is 0.217. The first-order valence-corrected chi connectivity index (χ1v) is 6.75. The molecule has 2 N–H and O–H groups in total. The highest BCUT2D eigenvalue weighted by molar-refractivity contribution is 7.85. The number of hydrogen-bond donors (Lipinski definition) is 1. The van der Waals surface area contributed by atoms with E-state index in [1.165, 1.54) is 0 Å². The summed E-state index contributed by atoms with van der Waals surface area (Å²) in [6, 6.07) is 5.63. The highest BCUT2D eigenvalue weighted by atomic mass is 32.2. The Kier molecular flexibility index (Phi) is 3.61. The van der Waals surface area contributed by atoms with Crippen molar-refractivity contribution >= 4 is 16.5 Å². The molecule has 1 fully saturated rings. The SMILES string of the molecule is Cc1c(N)cccc1S(=O)C1CCOCC1. The lowest BCUT2D eigenvalue weighted by Crippen LogP contribution is -2.25. The quantitative estimate of drug-likeness (QED) is 0.801. The molecule has 1 aromatic rings. The monoisotopic (exact) mass is 239 g/mol. The Labute approximate surface area is 98.4 Å². The molecular formula is C12H17NO2S. The standard InChI is InChI=1S/C12H17NO2S/c1-9-11(13)3-2-4-12(9)16(14)10-5-7-15-8-6-10/h2-4,10H,5-8,13H2,1H3. The highest BCUT2D eigenvalue weighted by Gasteiger charge is 2.22. The van der Waals surface area contributed by atoms with Gasteiger partial charge in [0, 0.05) is 29.0 Å². The molecular weight excluding hydrogens is 222 g/mol. The van der Waals surface area contributed by atoms with Gasteiger partial charge in [0.15, 0.2) is 0 Å². The molecule has 0 radical (unpaired) electrons. The third-order valence-corrected chi connectivity index (χ3v) is 4.97. The predicted octanol–water partition coefficient (Wildman–Crippen LogP) is 1.86. The van der Waals surface area contributed by atoms with Crippen LogP contribution in [0.25, 0.3) is 0 Å². The van der Waals surface area contributed by atoms with Crippen LogP contribution in [0, 0.1) is 6.92 Å². The topological polar surface area (TPSA) is 52.3 Å². The number of benzene rings is 1. The second-order valence-corrected chi connectivity index (χ2v) is 5.78. The Hall–Kier alpha value is -0.870. The van der Waals surface area contributed by atoms with Gasteiger partial charge >= 0.3 is 0 Å². The number of ether oxygens (including phenoxy) is 1. The first kappa shape index (κ1) is 11.6. The molecule has 1 unspecified atom stereocenters. The van der Waals surface area contributed by atoms with Gasteiger partial charge in [0.05, 0.1) is 10.8 Å². The molecule has 0 amide bonds. The Balaban J connectivity index is 2.22. The van der Waals surface area contributed by atoms with Crippen LogP contribution in [0.2, 0.25) is 0 Å². The average molecular weight is 239 g/mol. The molecule has 88 valence electrons. The van der Waals surface area contributed by atoms with Gasteiger partial charge in [-0.15, -0.1) is 0 Å². The normalized spacial score (nSPS) is 19.6. The van der Waals surface area contributed by atoms with Gasteiger partial charge in [0.2, 0.25) is 0 Å². The molecule has 1 atom stereocenters. The lowest BCUT2D eigenvalue weighted by molar-refractivity contribution is 0.0992. The number of nitrogens with two attached hydrogens (primary N) is 1. The van der Waals surface area contributed by atoms with E-state index >= 15 is 0 Å². The summed E-state index contributed by atoms with van der Waals surface area (Å²) in [5.74, 6) is 0. The summed E-state index contributed by atoms with van der Waals surface area (Å²) in [6.45, 7) is 3.37. The molecule has 3 nitrogen and oxygen atoms in total. The molecule has 1 aliphatic rings. The fourth-order valence-electron chi connectivity index (χ4n) is 1.92. The van der Waals surface area contributed by atoms with Crippen molar-refractivity contribution in [1.29, 1.82) is 0 Å². The van der Waals surface area contributed by atoms with Crippen molar-refractivity contribution < 1.29 is 8.95 Å². The van der Waals surface area contributed by atoms with Crippen molar-refractivity contribution in [2.75, 3.05) is 18.9 Å². The Morgan fingerprint density at radius 3 is 2.75 bits per heavy atom. The van der Waals surface area contributed by atoms with E-state index in [0.29, 0.717) is 0 Å². The molecule has 0 bridgehead atoms. The Morgan fingerprint density at radius 2 is 2.06 bits per heavy atom. The zero-order chi connectivity index (χ0) is 11.5. The fraction of sp³-hybridized carbons (Fsp3) is 0.500. The van der Waals surface area contributed by atoms with Crippen molar-refractivity contribution in [1.82, 2.24) is 0 Å². The first-order chi connectivity index (χ1) is 7.70. The van der Waals surface area contributed by atoms with Gasteiger partial charge < -0.3 is 10.5 Å². The molecule has 1 saturated heterocycles. The van der Waals surface area contributed by atoms with Crippen LogP contribution in [0.3, 0.4) is 0 Å². The summed E-state index contributed by atoms with van der Waals surface area (Å²) in [5.41, 5.74) is 7.50. The number of anilines is 1. The van der Waals surface area contributed by atoms with Crippen LogP contribution in [-0.2, 0) is 15.5 Å². The maximum atomic E-state index is 12.4. The van der Waals surface area contributed by atoms with E-state index in [9.17, 15) is 4.21 Å². The lowest BCUT2D eigenvalue weighted by atomic mass is 10.2. The molecule has 1 aromatic carbocycles. The van der Waals surface area contributed by atoms with Gasteiger partial charge in [-0.1, -0.05) is 6.07 Å². The van der Waals surface area contributed by atoms with Crippen molar-refractivity contribution in [2.45, 2.75) is 29.9 Å². The number of hydrogen-bond acceptors (Lipinski definition) is 3. The predicted molar refractivity (Wildman–Crippen MR) is 65.8 cm³/mol. The van der Waals surface area contributed by atoms with E-state index in [-0.39, 0.29) is 5.25 Å². The van der Waals surface area contributed by atoms with Crippen LogP contribution in [0.4, 0.5) is 5.69 Å². The molecule has 4 heteroatoms. The van der Waals surface area contributed by atoms with Crippen LogP contribution in [0.15, 0.2) is 23.1 Å². The van der Waals surface area contributed by atoms with E-state index in [4.69, 9.17) is 10.5 Å². The number of rotatable bonds is 2. The Bertz CT molecular complexity index is 400. The molecule has 0 aliphatic carbocycles. The Morgan fingerprint density at radius 1 is 1.38 bits per heavy atom. The molecule has 1 aliphatic heterocycles. The van der Waals surface area contributed by atoms with Crippen LogP contribution in [-0.4, -0.2) is 22.7 Å². The lowest BCUT2D eigenvalue weighted by Gasteiger charge is -2.22. The molecule has 0 aromatic heterocycles. The third kappa shape index (κ3) is 2.28. The van der Waals surface area contributed by atoms with Gasteiger partial charge in [-0.3, -0.25) is 4.21 Å². The van der Waals surface area contributed by atoms with Crippen LogP contribution in [0.1, 0.15) is 18.4 Å². The third-order valence-electron chi connectivity index (χ3n) is 3.01. The average Bonchev–Trinajstić information content (AvgIpc) is 2.33. The second kappa shape index (κ2) is 4.97. The fourth-order valence-corrected chi connectivity index (χ4v) is 3.53. The van der Waals surface area contributed by atoms with Gasteiger partial charge in [-0.05, 0) is 37.5 Å². The molecule has 0 spiro atoms. The zero-order valence-corrected chi connectivity index (χ0v) is 10.3. The summed E-state index contributed by atoms with van der Waals surface area (Å²) >= 11 is 0. The second-order valence-electron chi connectivity index (χ2n) is 4.08. The molecule has 1 heterocycles. The van der Waals surface area contributed by atoms with Crippen molar-refractivity contribution in [3.05, 3.63) is 23.8 Å². The number of nitrogen functional groups attached to an aromatic ring is 1. The van der Waals surface area contributed by atoms with E-state index < -0.39 is 10.8 Å². The van der Waals surface area contributed by atoms with Gasteiger partial charge in [0.25, 0.3) is 0 Å². The van der Waals surface area contributed by atoms with Crippen LogP contribution < -0.4 is 5.73 Å². The largest absolute Gasteiger partial charge is 0.398 e. The summed E-state index contributed by atoms with van der Waals surface area (Å²) < 4.78 is 17.7. The molecule has 2 rings (SSSR count). The summed E-state index contributed by atoms with van der Waals surface area (Å²) in [6.07, 6.45) is 1.75. The van der Waals surface area contributed by atoms with Crippen LogP contribution >= 0.6 is 0 Å². The smallest absolute Gasteiger partial charge is 0.0566 e. The summed E-state index contributed by atoms with van der Waals surface area (Å²) in [7, 11) is -0.952. The minimum absolute atomic E-state index is 0.217. The zero-order valence-electron chi connectivity index (χ0n) is 9.44. The van der Waals surface area contributed by atoms with Crippen molar-refractivity contribution in [3.8, 4) is 0 Å². The first-order valence-electron chi connectivity index (χ1n) is 5.53. The minimum Gasteiger partial charge on any atom is -0.398 e. The minimum atomic E-state index is -0.952.